The number of nitrogens with zero attached hydrogens (tertiary/aromatic N) is 3. The van der Waals surface area contributed by atoms with E-state index in [0.29, 0.717) is 30.8 Å². The average Bonchev–Trinajstić information content (AvgIpc) is 3.17. The van der Waals surface area contributed by atoms with E-state index in [1.165, 1.54) is 42.2 Å². The van der Waals surface area contributed by atoms with Crippen molar-refractivity contribution in [3.05, 3.63) is 65.5 Å². The molecule has 2 aliphatic heterocycles. The van der Waals surface area contributed by atoms with E-state index >= 15 is 0 Å². The van der Waals surface area contributed by atoms with Crippen LogP contribution in [0.2, 0.25) is 0 Å². The fourth-order valence-corrected chi connectivity index (χ4v) is 5.02. The van der Waals surface area contributed by atoms with Gasteiger partial charge in [-0.1, -0.05) is 24.3 Å². The molecule has 9 nitrogen and oxygen atoms in total. The van der Waals surface area contributed by atoms with Crippen LogP contribution < -0.4 is 4.90 Å². The molecular formula is C27H30FN3O6. The van der Waals surface area contributed by atoms with E-state index in [1.807, 2.05) is 4.90 Å². The quantitative estimate of drug-likeness (QED) is 0.397. The van der Waals surface area contributed by atoms with Crippen molar-refractivity contribution in [1.82, 2.24) is 9.80 Å². The van der Waals surface area contributed by atoms with Gasteiger partial charge in [-0.05, 0) is 44.0 Å². The number of anilines is 1. The summed E-state index contributed by atoms with van der Waals surface area (Å²) in [7, 11) is 2.61. The maximum Gasteiger partial charge on any atom is 0.332 e. The van der Waals surface area contributed by atoms with E-state index in [1.54, 1.807) is 37.3 Å². The Morgan fingerprint density at radius 3 is 2.08 bits per heavy atom. The highest BCUT2D eigenvalue weighted by atomic mass is 19.1. The average molecular weight is 512 g/mol. The summed E-state index contributed by atoms with van der Waals surface area (Å²) in [6, 6.07) is 12.5. The van der Waals surface area contributed by atoms with E-state index in [0.717, 1.165) is 0 Å². The minimum atomic E-state index is -1.45. The summed E-state index contributed by atoms with van der Waals surface area (Å²) in [5.74, 6) is -2.50. The van der Waals surface area contributed by atoms with E-state index in [9.17, 15) is 23.6 Å². The first-order valence-corrected chi connectivity index (χ1v) is 12.1. The number of halogens is 1. The van der Waals surface area contributed by atoms with Crippen LogP contribution in [0.1, 0.15) is 40.5 Å². The third-order valence-electron chi connectivity index (χ3n) is 7.21. The Labute approximate surface area is 214 Å². The van der Waals surface area contributed by atoms with Crippen molar-refractivity contribution in [2.45, 2.75) is 31.4 Å². The number of imide groups is 1. The van der Waals surface area contributed by atoms with Gasteiger partial charge in [-0.15, -0.1) is 0 Å². The SMILES string of the molecule is COC(=O)C1(N(C(=O)C(C)OC)c2ccccc2F)CCN(CCN2C(=O)c3ccccc3C2=O)CC1. The summed E-state index contributed by atoms with van der Waals surface area (Å²) in [4.78, 5) is 56.5. The molecule has 1 unspecified atom stereocenters. The number of para-hydroxylation sites is 1. The molecule has 0 radical (unpaired) electrons. The summed E-state index contributed by atoms with van der Waals surface area (Å²) < 4.78 is 25.3. The molecule has 3 amide bonds. The van der Waals surface area contributed by atoms with Gasteiger partial charge in [-0.25, -0.2) is 9.18 Å². The molecule has 0 aromatic heterocycles. The molecule has 1 fully saturated rings. The summed E-state index contributed by atoms with van der Waals surface area (Å²) >= 11 is 0. The summed E-state index contributed by atoms with van der Waals surface area (Å²) in [5.41, 5.74) is -0.696. The van der Waals surface area contributed by atoms with Crippen LogP contribution in [0, 0.1) is 5.82 Å². The summed E-state index contributed by atoms with van der Waals surface area (Å²) in [5, 5.41) is 0. The molecule has 0 spiro atoms. The molecule has 1 atom stereocenters. The molecule has 0 N–H and O–H groups in total. The van der Waals surface area contributed by atoms with Gasteiger partial charge in [0.2, 0.25) is 0 Å². The Morgan fingerprint density at radius 1 is 0.973 bits per heavy atom. The van der Waals surface area contributed by atoms with Crippen molar-refractivity contribution in [2.75, 3.05) is 45.3 Å². The maximum absolute atomic E-state index is 14.9. The molecule has 10 heteroatoms. The van der Waals surface area contributed by atoms with Gasteiger partial charge in [0.25, 0.3) is 17.7 Å². The second-order valence-corrected chi connectivity index (χ2v) is 9.18. The van der Waals surface area contributed by atoms with Gasteiger partial charge in [0.15, 0.2) is 0 Å². The second-order valence-electron chi connectivity index (χ2n) is 9.18. The summed E-state index contributed by atoms with van der Waals surface area (Å²) in [6.07, 6.45) is -0.593. The molecule has 1 saturated heterocycles. The molecular weight excluding hydrogens is 481 g/mol. The zero-order chi connectivity index (χ0) is 26.7. The standard InChI is InChI=1S/C27H30FN3O6/c1-18(36-2)23(32)31(22-11-7-6-10-21(22)28)27(26(35)37-3)12-14-29(15-13-27)16-17-30-24(33)19-8-4-5-9-20(19)25(30)34/h4-11,18H,12-17H2,1-3H3. The molecule has 4 rings (SSSR count). The predicted molar refractivity (Wildman–Crippen MR) is 133 cm³/mol. The first-order valence-electron chi connectivity index (χ1n) is 12.1. The number of likely N-dealkylation sites (tertiary alicyclic amines) is 1. The first kappa shape index (κ1) is 26.4. The number of amides is 3. The van der Waals surface area contributed by atoms with Gasteiger partial charge in [0, 0.05) is 33.3 Å². The third-order valence-corrected chi connectivity index (χ3v) is 7.21. The zero-order valence-corrected chi connectivity index (χ0v) is 21.1. The van der Waals surface area contributed by atoms with Crippen molar-refractivity contribution in [3.8, 4) is 0 Å². The maximum atomic E-state index is 14.9. The van der Waals surface area contributed by atoms with Crippen LogP contribution in [0.3, 0.4) is 0 Å². The van der Waals surface area contributed by atoms with E-state index < -0.39 is 29.3 Å². The van der Waals surface area contributed by atoms with E-state index in [4.69, 9.17) is 9.47 Å². The predicted octanol–water partition coefficient (Wildman–Crippen LogP) is 2.50. The minimum Gasteiger partial charge on any atom is -0.467 e. The molecule has 0 aliphatic carbocycles. The number of piperidine rings is 1. The lowest BCUT2D eigenvalue weighted by Gasteiger charge is -2.47. The fraction of sp³-hybridized carbons (Fsp3) is 0.407. The van der Waals surface area contributed by atoms with Gasteiger partial charge in [-0.3, -0.25) is 24.2 Å². The van der Waals surface area contributed by atoms with Crippen molar-refractivity contribution in [3.63, 3.8) is 0 Å². The Bertz CT molecular complexity index is 1180. The van der Waals surface area contributed by atoms with Crippen LogP contribution >= 0.6 is 0 Å². The van der Waals surface area contributed by atoms with Crippen molar-refractivity contribution < 1.29 is 33.0 Å². The highest BCUT2D eigenvalue weighted by molar-refractivity contribution is 6.21. The van der Waals surface area contributed by atoms with Crippen LogP contribution in [0.5, 0.6) is 0 Å². The van der Waals surface area contributed by atoms with Crippen LogP contribution in [-0.4, -0.2) is 85.5 Å². The van der Waals surface area contributed by atoms with Crippen molar-refractivity contribution in [1.29, 1.82) is 0 Å². The van der Waals surface area contributed by atoms with Crippen LogP contribution in [0.25, 0.3) is 0 Å². The number of ether oxygens (including phenoxy) is 2. The van der Waals surface area contributed by atoms with Crippen LogP contribution in [-0.2, 0) is 19.1 Å². The number of rotatable bonds is 8. The smallest absolute Gasteiger partial charge is 0.332 e. The van der Waals surface area contributed by atoms with E-state index in [-0.39, 0.29) is 36.9 Å². The number of methoxy groups -OCH3 is 2. The number of hydrogen-bond donors (Lipinski definition) is 0. The highest BCUT2D eigenvalue weighted by Crippen LogP contribution is 2.37. The lowest BCUT2D eigenvalue weighted by Crippen LogP contribution is -2.64. The second kappa shape index (κ2) is 10.8. The lowest BCUT2D eigenvalue weighted by atomic mass is 9.84. The molecule has 0 bridgehead atoms. The monoisotopic (exact) mass is 511 g/mol. The largest absolute Gasteiger partial charge is 0.467 e. The molecule has 2 heterocycles. The normalized spacial score (nSPS) is 17.9. The molecule has 0 saturated carbocycles. The number of fused-ring (bicyclic) bond motifs is 1. The van der Waals surface area contributed by atoms with Gasteiger partial charge < -0.3 is 14.4 Å². The Balaban J connectivity index is 1.54. The summed E-state index contributed by atoms with van der Waals surface area (Å²) in [6.45, 7) is 2.84. The lowest BCUT2D eigenvalue weighted by molar-refractivity contribution is -0.152. The molecule has 37 heavy (non-hydrogen) atoms. The molecule has 2 aromatic rings. The molecule has 2 aromatic carbocycles. The Hall–Kier alpha value is -3.63. The van der Waals surface area contributed by atoms with Crippen LogP contribution in [0.4, 0.5) is 10.1 Å². The highest BCUT2D eigenvalue weighted by Gasteiger charge is 2.51. The fourth-order valence-electron chi connectivity index (χ4n) is 5.02. The van der Waals surface area contributed by atoms with Gasteiger partial charge in [0.05, 0.1) is 23.9 Å². The minimum absolute atomic E-state index is 0.0266. The van der Waals surface area contributed by atoms with Crippen molar-refractivity contribution in [2.24, 2.45) is 0 Å². The molecule has 2 aliphatic rings. The van der Waals surface area contributed by atoms with Gasteiger partial charge in [0.1, 0.15) is 17.5 Å². The number of esters is 1. The number of carbonyl (C=O) groups excluding carboxylic acids is 4. The zero-order valence-electron chi connectivity index (χ0n) is 21.1. The number of benzene rings is 2. The Morgan fingerprint density at radius 2 is 1.54 bits per heavy atom. The number of hydrogen-bond acceptors (Lipinski definition) is 7. The third kappa shape index (κ3) is 4.74. The van der Waals surface area contributed by atoms with Gasteiger partial charge in [-0.2, -0.15) is 0 Å². The topological polar surface area (TPSA) is 96.5 Å². The van der Waals surface area contributed by atoms with Crippen LogP contribution in [0.15, 0.2) is 48.5 Å². The van der Waals surface area contributed by atoms with E-state index in [2.05, 4.69) is 0 Å². The first-order chi connectivity index (χ1) is 17.7. The number of carbonyl (C=O) groups is 4. The van der Waals surface area contributed by atoms with Gasteiger partial charge >= 0.3 is 5.97 Å². The Kier molecular flexibility index (Phi) is 7.70. The van der Waals surface area contributed by atoms with Crippen molar-refractivity contribution >= 4 is 29.4 Å². The molecule has 196 valence electrons.